The van der Waals surface area contributed by atoms with Crippen molar-refractivity contribution in [1.82, 2.24) is 15.2 Å². The Hall–Kier alpha value is -1.99. The predicted octanol–water partition coefficient (Wildman–Crippen LogP) is 2.15. The lowest BCUT2D eigenvalue weighted by molar-refractivity contribution is 0.0946. The highest BCUT2D eigenvalue weighted by molar-refractivity contribution is 7.09. The molecule has 1 N–H and O–H groups in total. The Labute approximate surface area is 132 Å². The first-order chi connectivity index (χ1) is 10.5. The van der Waals surface area contributed by atoms with E-state index in [1.807, 2.05) is 19.0 Å². The summed E-state index contributed by atoms with van der Waals surface area (Å²) in [7, 11) is 3.88. The molecule has 1 aromatic carbocycles. The van der Waals surface area contributed by atoms with Crippen LogP contribution in [-0.2, 0) is 6.61 Å². The molecule has 1 heterocycles. The summed E-state index contributed by atoms with van der Waals surface area (Å²) in [5, 5.41) is 5.16. The summed E-state index contributed by atoms with van der Waals surface area (Å²) in [6.45, 7) is 1.54. The fourth-order valence-electron chi connectivity index (χ4n) is 1.67. The standard InChI is InChI=1S/C15H18FN3O2S/c1-19(2)7-6-17-15(20)13-10-22-14(18-13)9-21-12-5-3-4-11(16)8-12/h3-5,8,10H,6-7,9H2,1-2H3,(H,17,20). The van der Waals surface area contributed by atoms with Gasteiger partial charge in [-0.2, -0.15) is 0 Å². The van der Waals surface area contributed by atoms with Crippen LogP contribution in [0.5, 0.6) is 5.75 Å². The van der Waals surface area contributed by atoms with Crippen LogP contribution >= 0.6 is 11.3 Å². The zero-order valence-corrected chi connectivity index (χ0v) is 13.3. The van der Waals surface area contributed by atoms with Crippen LogP contribution in [0.25, 0.3) is 0 Å². The van der Waals surface area contributed by atoms with Gasteiger partial charge in [-0.15, -0.1) is 11.3 Å². The van der Waals surface area contributed by atoms with Crippen LogP contribution in [0.4, 0.5) is 4.39 Å². The number of carbonyl (C=O) groups excluding carboxylic acids is 1. The Morgan fingerprint density at radius 1 is 1.45 bits per heavy atom. The Morgan fingerprint density at radius 3 is 3.00 bits per heavy atom. The van der Waals surface area contributed by atoms with E-state index in [0.717, 1.165) is 6.54 Å². The van der Waals surface area contributed by atoms with Crippen LogP contribution in [0.15, 0.2) is 29.6 Å². The molecular formula is C15H18FN3O2S. The molecule has 0 atom stereocenters. The molecule has 0 spiro atoms. The monoisotopic (exact) mass is 323 g/mol. The lowest BCUT2D eigenvalue weighted by atomic mass is 10.3. The third kappa shape index (κ3) is 5.09. The minimum absolute atomic E-state index is 0.199. The number of halogens is 1. The molecule has 0 radical (unpaired) electrons. The second-order valence-corrected chi connectivity index (χ2v) is 5.87. The van der Waals surface area contributed by atoms with Crippen molar-refractivity contribution < 1.29 is 13.9 Å². The van der Waals surface area contributed by atoms with Gasteiger partial charge < -0.3 is 15.0 Å². The number of likely N-dealkylation sites (N-methyl/N-ethyl adjacent to an activating group) is 1. The molecule has 22 heavy (non-hydrogen) atoms. The number of ether oxygens (including phenoxy) is 1. The number of hydrogen-bond acceptors (Lipinski definition) is 5. The van der Waals surface area contributed by atoms with Crippen LogP contribution in [-0.4, -0.2) is 43.0 Å². The Morgan fingerprint density at radius 2 is 2.27 bits per heavy atom. The predicted molar refractivity (Wildman–Crippen MR) is 83.7 cm³/mol. The van der Waals surface area contributed by atoms with E-state index in [4.69, 9.17) is 4.74 Å². The number of amides is 1. The molecule has 2 aromatic rings. The van der Waals surface area contributed by atoms with Gasteiger partial charge in [0, 0.05) is 24.5 Å². The SMILES string of the molecule is CN(C)CCNC(=O)c1csc(COc2cccc(F)c2)n1. The van der Waals surface area contributed by atoms with Gasteiger partial charge in [0.05, 0.1) is 0 Å². The maximum atomic E-state index is 13.0. The Bertz CT molecular complexity index is 631. The molecule has 7 heteroatoms. The number of aromatic nitrogens is 1. The lowest BCUT2D eigenvalue weighted by Gasteiger charge is -2.09. The smallest absolute Gasteiger partial charge is 0.270 e. The fourth-order valence-corrected chi connectivity index (χ4v) is 2.35. The quantitative estimate of drug-likeness (QED) is 0.848. The molecule has 1 amide bonds. The average Bonchev–Trinajstić information content (AvgIpc) is 2.94. The van der Waals surface area contributed by atoms with Gasteiger partial charge in [-0.25, -0.2) is 9.37 Å². The fraction of sp³-hybridized carbons (Fsp3) is 0.333. The number of nitrogens with one attached hydrogen (secondary N) is 1. The van der Waals surface area contributed by atoms with Crippen LogP contribution in [0.2, 0.25) is 0 Å². The van der Waals surface area contributed by atoms with Crippen molar-refractivity contribution in [1.29, 1.82) is 0 Å². The molecule has 0 unspecified atom stereocenters. The first-order valence-corrected chi connectivity index (χ1v) is 7.68. The van der Waals surface area contributed by atoms with Crippen molar-refractivity contribution in [3.63, 3.8) is 0 Å². The molecule has 0 aliphatic rings. The molecule has 2 rings (SSSR count). The van der Waals surface area contributed by atoms with Gasteiger partial charge in [0.1, 0.15) is 28.9 Å². The maximum Gasteiger partial charge on any atom is 0.270 e. The Balaban J connectivity index is 1.84. The van der Waals surface area contributed by atoms with Crippen molar-refractivity contribution in [2.45, 2.75) is 6.61 Å². The minimum atomic E-state index is -0.349. The first-order valence-electron chi connectivity index (χ1n) is 6.80. The number of rotatable bonds is 7. The topological polar surface area (TPSA) is 54.5 Å². The molecule has 0 saturated carbocycles. The summed E-state index contributed by atoms with van der Waals surface area (Å²) >= 11 is 1.34. The summed E-state index contributed by atoms with van der Waals surface area (Å²) < 4.78 is 18.5. The summed E-state index contributed by atoms with van der Waals surface area (Å²) in [4.78, 5) is 18.1. The van der Waals surface area contributed by atoms with E-state index in [1.54, 1.807) is 17.5 Å². The van der Waals surface area contributed by atoms with E-state index >= 15 is 0 Å². The number of carbonyl (C=O) groups is 1. The van der Waals surface area contributed by atoms with Gasteiger partial charge in [-0.1, -0.05) is 6.07 Å². The molecule has 0 bridgehead atoms. The highest BCUT2D eigenvalue weighted by Gasteiger charge is 2.10. The highest BCUT2D eigenvalue weighted by atomic mass is 32.1. The van der Waals surface area contributed by atoms with Crippen molar-refractivity contribution in [2.75, 3.05) is 27.2 Å². The third-order valence-corrected chi connectivity index (χ3v) is 3.61. The van der Waals surface area contributed by atoms with Crippen LogP contribution in [0, 0.1) is 5.82 Å². The van der Waals surface area contributed by atoms with Gasteiger partial charge in [0.2, 0.25) is 0 Å². The normalized spacial score (nSPS) is 10.7. The molecular weight excluding hydrogens is 305 g/mol. The third-order valence-electron chi connectivity index (χ3n) is 2.79. The second kappa shape index (κ2) is 7.86. The molecule has 118 valence electrons. The summed E-state index contributed by atoms with van der Waals surface area (Å²) in [5.74, 6) is -0.111. The maximum absolute atomic E-state index is 13.0. The van der Waals surface area contributed by atoms with Gasteiger partial charge in [0.25, 0.3) is 5.91 Å². The largest absolute Gasteiger partial charge is 0.486 e. The molecule has 0 aliphatic carbocycles. The van der Waals surface area contributed by atoms with E-state index < -0.39 is 0 Å². The summed E-state index contributed by atoms with van der Waals surface area (Å²) in [6, 6.07) is 5.91. The van der Waals surface area contributed by atoms with E-state index in [1.165, 1.54) is 23.5 Å². The number of thiazole rings is 1. The number of hydrogen-bond donors (Lipinski definition) is 1. The van der Waals surface area contributed by atoms with E-state index in [0.29, 0.717) is 23.0 Å². The number of nitrogens with zero attached hydrogens (tertiary/aromatic N) is 2. The van der Waals surface area contributed by atoms with E-state index in [2.05, 4.69) is 10.3 Å². The zero-order chi connectivity index (χ0) is 15.9. The molecule has 1 aromatic heterocycles. The average molecular weight is 323 g/mol. The molecule has 5 nitrogen and oxygen atoms in total. The highest BCUT2D eigenvalue weighted by Crippen LogP contribution is 2.16. The van der Waals surface area contributed by atoms with Gasteiger partial charge in [-0.3, -0.25) is 4.79 Å². The van der Waals surface area contributed by atoms with Crippen LogP contribution in [0.3, 0.4) is 0 Å². The van der Waals surface area contributed by atoms with E-state index in [-0.39, 0.29) is 18.3 Å². The molecule has 0 saturated heterocycles. The number of benzene rings is 1. The van der Waals surface area contributed by atoms with Crippen LogP contribution < -0.4 is 10.1 Å². The van der Waals surface area contributed by atoms with Crippen molar-refractivity contribution >= 4 is 17.2 Å². The van der Waals surface area contributed by atoms with Crippen molar-refractivity contribution in [3.05, 3.63) is 46.2 Å². The summed E-state index contributed by atoms with van der Waals surface area (Å²) in [5.41, 5.74) is 0.376. The first kappa shape index (κ1) is 16.4. The van der Waals surface area contributed by atoms with E-state index in [9.17, 15) is 9.18 Å². The van der Waals surface area contributed by atoms with Gasteiger partial charge in [-0.05, 0) is 26.2 Å². The van der Waals surface area contributed by atoms with Gasteiger partial charge >= 0.3 is 0 Å². The lowest BCUT2D eigenvalue weighted by Crippen LogP contribution is -2.31. The van der Waals surface area contributed by atoms with Crippen molar-refractivity contribution in [2.24, 2.45) is 0 Å². The zero-order valence-electron chi connectivity index (χ0n) is 12.5. The molecule has 0 aliphatic heterocycles. The Kier molecular flexibility index (Phi) is 5.85. The molecule has 0 fully saturated rings. The van der Waals surface area contributed by atoms with Gasteiger partial charge in [0.15, 0.2) is 0 Å². The minimum Gasteiger partial charge on any atom is -0.486 e. The van der Waals surface area contributed by atoms with Crippen LogP contribution in [0.1, 0.15) is 15.5 Å². The summed E-state index contributed by atoms with van der Waals surface area (Å²) in [6.07, 6.45) is 0. The van der Waals surface area contributed by atoms with Crippen molar-refractivity contribution in [3.8, 4) is 5.75 Å². The second-order valence-electron chi connectivity index (χ2n) is 4.93.